The predicted octanol–water partition coefficient (Wildman–Crippen LogP) is -1.82. The third-order valence-corrected chi connectivity index (χ3v) is 1.71. The van der Waals surface area contributed by atoms with Crippen molar-refractivity contribution in [2.24, 2.45) is 5.73 Å². The highest BCUT2D eigenvalue weighted by molar-refractivity contribution is 5.88. The number of hydrogen-bond acceptors (Lipinski definition) is 5. The largest absolute Gasteiger partial charge is 0.480 e. The number of carbonyl (C=O) groups excluding carboxylic acids is 3. The Labute approximate surface area is 103 Å². The SMILES string of the molecule is CCOC(=O)CNC(=O)N[C@H](CC(N)=O)C(=O)O. The van der Waals surface area contributed by atoms with Crippen LogP contribution in [0.15, 0.2) is 0 Å². The first-order chi connectivity index (χ1) is 8.36. The molecule has 0 fully saturated rings. The van der Waals surface area contributed by atoms with E-state index in [-0.39, 0.29) is 6.61 Å². The normalized spacial score (nSPS) is 11.2. The average Bonchev–Trinajstić information content (AvgIpc) is 2.25. The summed E-state index contributed by atoms with van der Waals surface area (Å²) in [6.45, 7) is 1.37. The third kappa shape index (κ3) is 7.04. The Morgan fingerprint density at radius 3 is 2.39 bits per heavy atom. The van der Waals surface area contributed by atoms with Gasteiger partial charge in [-0.2, -0.15) is 0 Å². The first-order valence-corrected chi connectivity index (χ1v) is 5.07. The molecule has 0 aliphatic carbocycles. The van der Waals surface area contributed by atoms with E-state index in [0.717, 1.165) is 0 Å². The van der Waals surface area contributed by atoms with Crippen LogP contribution in [0.4, 0.5) is 4.79 Å². The Hall–Kier alpha value is -2.32. The Morgan fingerprint density at radius 2 is 1.94 bits per heavy atom. The van der Waals surface area contributed by atoms with E-state index in [9.17, 15) is 19.2 Å². The number of carbonyl (C=O) groups is 4. The van der Waals surface area contributed by atoms with E-state index in [2.05, 4.69) is 10.1 Å². The molecule has 0 saturated carbocycles. The Balaban J connectivity index is 4.14. The second-order valence-corrected chi connectivity index (χ2v) is 3.19. The molecule has 0 aromatic rings. The van der Waals surface area contributed by atoms with Gasteiger partial charge in [0.05, 0.1) is 13.0 Å². The van der Waals surface area contributed by atoms with Crippen LogP contribution in [0, 0.1) is 0 Å². The molecule has 102 valence electrons. The van der Waals surface area contributed by atoms with Gasteiger partial charge in [0.25, 0.3) is 0 Å². The van der Waals surface area contributed by atoms with Gasteiger partial charge >= 0.3 is 18.0 Å². The maximum atomic E-state index is 11.2. The van der Waals surface area contributed by atoms with Crippen molar-refractivity contribution in [2.45, 2.75) is 19.4 Å². The number of nitrogens with two attached hydrogens (primary N) is 1. The molecule has 0 aliphatic rings. The Kier molecular flexibility index (Phi) is 6.86. The lowest BCUT2D eigenvalue weighted by Crippen LogP contribution is -2.48. The fourth-order valence-electron chi connectivity index (χ4n) is 0.975. The van der Waals surface area contributed by atoms with Crippen LogP contribution in [0.3, 0.4) is 0 Å². The Bertz CT molecular complexity index is 343. The first-order valence-electron chi connectivity index (χ1n) is 5.07. The van der Waals surface area contributed by atoms with Gasteiger partial charge in [-0.3, -0.25) is 9.59 Å². The van der Waals surface area contributed by atoms with Crippen LogP contribution in [0.2, 0.25) is 0 Å². The van der Waals surface area contributed by atoms with Crippen molar-refractivity contribution in [3.63, 3.8) is 0 Å². The molecule has 9 heteroatoms. The maximum absolute atomic E-state index is 11.2. The summed E-state index contributed by atoms with van der Waals surface area (Å²) in [5.74, 6) is -2.93. The molecule has 0 spiro atoms. The molecule has 0 saturated heterocycles. The molecule has 0 heterocycles. The number of primary amides is 1. The third-order valence-electron chi connectivity index (χ3n) is 1.71. The molecular formula is C9H15N3O6. The van der Waals surface area contributed by atoms with Crippen molar-refractivity contribution in [1.82, 2.24) is 10.6 Å². The summed E-state index contributed by atoms with van der Waals surface area (Å²) < 4.78 is 4.54. The molecule has 5 N–H and O–H groups in total. The summed E-state index contributed by atoms with van der Waals surface area (Å²) in [7, 11) is 0. The number of esters is 1. The van der Waals surface area contributed by atoms with E-state index in [1.165, 1.54) is 0 Å². The van der Waals surface area contributed by atoms with Gasteiger partial charge in [0, 0.05) is 0 Å². The zero-order valence-electron chi connectivity index (χ0n) is 9.76. The number of aliphatic carboxylic acids is 1. The summed E-state index contributed by atoms with van der Waals surface area (Å²) in [5.41, 5.74) is 4.82. The topological polar surface area (TPSA) is 148 Å². The van der Waals surface area contributed by atoms with Crippen LogP contribution in [0.1, 0.15) is 13.3 Å². The van der Waals surface area contributed by atoms with Crippen LogP contribution in [0.5, 0.6) is 0 Å². The number of carboxylic acids is 1. The molecule has 0 rings (SSSR count). The van der Waals surface area contributed by atoms with E-state index in [0.29, 0.717) is 0 Å². The van der Waals surface area contributed by atoms with Gasteiger partial charge in [0.2, 0.25) is 5.91 Å². The summed E-state index contributed by atoms with van der Waals surface area (Å²) >= 11 is 0. The molecular weight excluding hydrogens is 246 g/mol. The highest BCUT2D eigenvalue weighted by Gasteiger charge is 2.22. The summed E-state index contributed by atoms with van der Waals surface area (Å²) in [5, 5.41) is 12.8. The van der Waals surface area contributed by atoms with E-state index < -0.39 is 42.9 Å². The molecule has 0 bridgehead atoms. The van der Waals surface area contributed by atoms with Crippen LogP contribution in [0.25, 0.3) is 0 Å². The van der Waals surface area contributed by atoms with Gasteiger partial charge < -0.3 is 26.2 Å². The quantitative estimate of drug-likeness (QED) is 0.396. The minimum atomic E-state index is -1.44. The second kappa shape index (κ2) is 7.87. The highest BCUT2D eigenvalue weighted by atomic mass is 16.5. The monoisotopic (exact) mass is 261 g/mol. The summed E-state index contributed by atoms with van der Waals surface area (Å²) in [4.78, 5) is 43.3. The highest BCUT2D eigenvalue weighted by Crippen LogP contribution is 1.91. The van der Waals surface area contributed by atoms with Gasteiger partial charge in [-0.25, -0.2) is 9.59 Å². The lowest BCUT2D eigenvalue weighted by Gasteiger charge is -2.13. The van der Waals surface area contributed by atoms with Crippen molar-refractivity contribution in [3.05, 3.63) is 0 Å². The van der Waals surface area contributed by atoms with Gasteiger partial charge in [0.1, 0.15) is 12.6 Å². The fourth-order valence-corrected chi connectivity index (χ4v) is 0.975. The van der Waals surface area contributed by atoms with Crippen molar-refractivity contribution in [2.75, 3.05) is 13.2 Å². The molecule has 0 unspecified atom stereocenters. The number of amides is 3. The van der Waals surface area contributed by atoms with Crippen molar-refractivity contribution < 1.29 is 29.0 Å². The van der Waals surface area contributed by atoms with E-state index >= 15 is 0 Å². The number of urea groups is 1. The van der Waals surface area contributed by atoms with Gasteiger partial charge in [0.15, 0.2) is 0 Å². The van der Waals surface area contributed by atoms with Crippen LogP contribution >= 0.6 is 0 Å². The maximum Gasteiger partial charge on any atom is 0.326 e. The number of hydrogen-bond donors (Lipinski definition) is 4. The smallest absolute Gasteiger partial charge is 0.326 e. The average molecular weight is 261 g/mol. The minimum absolute atomic E-state index is 0.168. The van der Waals surface area contributed by atoms with Gasteiger partial charge in [-0.1, -0.05) is 0 Å². The van der Waals surface area contributed by atoms with Crippen LogP contribution < -0.4 is 16.4 Å². The molecule has 1 atom stereocenters. The number of ether oxygens (including phenoxy) is 1. The van der Waals surface area contributed by atoms with E-state index in [1.807, 2.05) is 5.32 Å². The standard InChI is InChI=1S/C9H15N3O6/c1-2-18-7(14)4-11-9(17)12-5(8(15)16)3-6(10)13/h5H,2-4H2,1H3,(H2,10,13)(H,15,16)(H2,11,12,17)/t5-/m1/s1. The molecule has 9 nitrogen and oxygen atoms in total. The zero-order valence-corrected chi connectivity index (χ0v) is 9.76. The predicted molar refractivity (Wildman–Crippen MR) is 58.4 cm³/mol. The van der Waals surface area contributed by atoms with E-state index in [1.54, 1.807) is 6.92 Å². The van der Waals surface area contributed by atoms with Crippen molar-refractivity contribution in [3.8, 4) is 0 Å². The second-order valence-electron chi connectivity index (χ2n) is 3.19. The lowest BCUT2D eigenvalue weighted by molar-refractivity contribution is -0.141. The zero-order chi connectivity index (χ0) is 14.1. The molecule has 0 aromatic carbocycles. The number of carboxylic acid groups (broad SMARTS) is 1. The minimum Gasteiger partial charge on any atom is -0.480 e. The molecule has 0 radical (unpaired) electrons. The van der Waals surface area contributed by atoms with E-state index in [4.69, 9.17) is 10.8 Å². The van der Waals surface area contributed by atoms with Gasteiger partial charge in [-0.05, 0) is 6.92 Å². The van der Waals surface area contributed by atoms with Gasteiger partial charge in [-0.15, -0.1) is 0 Å². The van der Waals surface area contributed by atoms with Crippen LogP contribution in [-0.4, -0.2) is 48.2 Å². The summed E-state index contributed by atoms with van der Waals surface area (Å²) in [6, 6.07) is -2.35. The fraction of sp³-hybridized carbons (Fsp3) is 0.556. The molecule has 3 amide bonds. The molecule has 0 aliphatic heterocycles. The Morgan fingerprint density at radius 1 is 1.33 bits per heavy atom. The number of rotatable bonds is 7. The summed E-state index contributed by atoms with van der Waals surface area (Å²) in [6.07, 6.45) is -0.540. The lowest BCUT2D eigenvalue weighted by atomic mass is 10.2. The van der Waals surface area contributed by atoms with Crippen LogP contribution in [-0.2, 0) is 19.1 Å². The number of nitrogens with one attached hydrogen (secondary N) is 2. The first kappa shape index (κ1) is 15.7. The molecule has 0 aromatic heterocycles. The molecule has 18 heavy (non-hydrogen) atoms. The van der Waals surface area contributed by atoms with Crippen molar-refractivity contribution in [1.29, 1.82) is 0 Å². The van der Waals surface area contributed by atoms with Crippen molar-refractivity contribution >= 4 is 23.9 Å².